The molecule has 0 heterocycles. The quantitative estimate of drug-likeness (QED) is 0.813. The van der Waals surface area contributed by atoms with Gasteiger partial charge in [0.05, 0.1) is 11.7 Å². The van der Waals surface area contributed by atoms with Crippen molar-refractivity contribution in [3.8, 4) is 0 Å². The van der Waals surface area contributed by atoms with Crippen LogP contribution in [-0.2, 0) is 9.53 Å². The third-order valence-electron chi connectivity index (χ3n) is 9.06. The number of carbonyl (C=O) groups excluding carboxylic acids is 1. The average Bonchev–Trinajstić information content (AvgIpc) is 2.90. The number of aliphatic hydroxyl groups is 1. The molecule has 0 amide bonds. The van der Waals surface area contributed by atoms with Gasteiger partial charge < -0.3 is 9.84 Å². The van der Waals surface area contributed by atoms with Gasteiger partial charge in [0, 0.05) is 13.0 Å². The molecule has 0 radical (unpaired) electrons. The van der Waals surface area contributed by atoms with Gasteiger partial charge in [0.2, 0.25) is 0 Å². The summed E-state index contributed by atoms with van der Waals surface area (Å²) in [4.78, 5) is 12.2. The molecule has 0 aromatic heterocycles. The third kappa shape index (κ3) is 2.72. The smallest absolute Gasteiger partial charge is 0.133 e. The van der Waals surface area contributed by atoms with Crippen molar-refractivity contribution in [2.45, 2.75) is 83.8 Å². The molecule has 0 spiro atoms. The fourth-order valence-corrected chi connectivity index (χ4v) is 7.96. The number of ketones is 1. The monoisotopic (exact) mass is 348 g/mol. The van der Waals surface area contributed by atoms with Crippen LogP contribution in [-0.4, -0.2) is 29.7 Å². The van der Waals surface area contributed by atoms with Crippen LogP contribution < -0.4 is 0 Å². The molecule has 1 N–H and O–H groups in total. The molecule has 0 aliphatic heterocycles. The lowest BCUT2D eigenvalue weighted by atomic mass is 9.48. The number of fused-ring (bicyclic) bond motifs is 5. The zero-order valence-corrected chi connectivity index (χ0v) is 16.5. The molecule has 4 fully saturated rings. The van der Waals surface area contributed by atoms with Gasteiger partial charge in [0.25, 0.3) is 0 Å². The topological polar surface area (TPSA) is 46.5 Å². The van der Waals surface area contributed by atoms with Crippen LogP contribution in [0.2, 0.25) is 0 Å². The molecular weight excluding hydrogens is 312 g/mol. The molecule has 4 aliphatic carbocycles. The molecule has 1 unspecified atom stereocenters. The number of Topliss-reactive ketones (excluding diaryl/α,β-unsaturated/α-hetero) is 1. The fraction of sp³-hybridized carbons (Fsp3) is 0.955. The molecule has 3 heteroatoms. The molecule has 142 valence electrons. The van der Waals surface area contributed by atoms with E-state index in [9.17, 15) is 9.90 Å². The van der Waals surface area contributed by atoms with Crippen LogP contribution in [0.25, 0.3) is 0 Å². The Morgan fingerprint density at radius 2 is 1.68 bits per heavy atom. The second kappa shape index (κ2) is 6.05. The lowest BCUT2D eigenvalue weighted by Crippen LogP contribution is -2.55. The Morgan fingerprint density at radius 3 is 2.36 bits per heavy atom. The Balaban J connectivity index is 1.61. The first-order valence-corrected chi connectivity index (χ1v) is 10.5. The molecule has 9 atom stereocenters. The first kappa shape index (κ1) is 18.0. The summed E-state index contributed by atoms with van der Waals surface area (Å²) in [5.41, 5.74) is -0.292. The van der Waals surface area contributed by atoms with Crippen molar-refractivity contribution in [3.63, 3.8) is 0 Å². The Labute approximate surface area is 152 Å². The van der Waals surface area contributed by atoms with Gasteiger partial charge in [0.15, 0.2) is 0 Å². The number of rotatable bonds is 2. The Bertz CT molecular complexity index is 541. The van der Waals surface area contributed by atoms with E-state index < -0.39 is 5.60 Å². The van der Waals surface area contributed by atoms with Crippen LogP contribution in [0.4, 0.5) is 0 Å². The minimum Gasteiger partial charge on any atom is -0.390 e. The molecule has 0 saturated heterocycles. The first-order valence-electron chi connectivity index (χ1n) is 10.5. The van der Waals surface area contributed by atoms with E-state index in [0.29, 0.717) is 23.5 Å². The maximum Gasteiger partial charge on any atom is 0.133 e. The number of methoxy groups -OCH3 is 1. The van der Waals surface area contributed by atoms with Gasteiger partial charge in [-0.25, -0.2) is 0 Å². The Hall–Kier alpha value is -0.410. The molecule has 0 bridgehead atoms. The number of carbonyl (C=O) groups is 1. The van der Waals surface area contributed by atoms with Gasteiger partial charge in [-0.05, 0) is 100 Å². The molecule has 4 rings (SSSR count). The highest BCUT2D eigenvalue weighted by Crippen LogP contribution is 2.64. The van der Waals surface area contributed by atoms with E-state index in [1.54, 1.807) is 0 Å². The predicted molar refractivity (Wildman–Crippen MR) is 98.1 cm³/mol. The van der Waals surface area contributed by atoms with Crippen molar-refractivity contribution in [2.24, 2.45) is 40.9 Å². The lowest BCUT2D eigenvalue weighted by Gasteiger charge is -2.58. The molecule has 0 aromatic carbocycles. The third-order valence-corrected chi connectivity index (χ3v) is 9.06. The summed E-state index contributed by atoms with van der Waals surface area (Å²) in [5, 5.41) is 10.6. The van der Waals surface area contributed by atoms with Gasteiger partial charge >= 0.3 is 0 Å². The van der Waals surface area contributed by atoms with Crippen LogP contribution in [0.5, 0.6) is 0 Å². The van der Waals surface area contributed by atoms with Gasteiger partial charge in [-0.3, -0.25) is 4.79 Å². The zero-order chi connectivity index (χ0) is 18.0. The first-order chi connectivity index (χ1) is 11.8. The number of ether oxygens (including phenoxy) is 1. The summed E-state index contributed by atoms with van der Waals surface area (Å²) in [7, 11) is 1.86. The molecule has 25 heavy (non-hydrogen) atoms. The molecule has 0 aromatic rings. The van der Waals surface area contributed by atoms with E-state index in [2.05, 4.69) is 6.92 Å². The van der Waals surface area contributed by atoms with E-state index >= 15 is 0 Å². The van der Waals surface area contributed by atoms with E-state index in [-0.39, 0.29) is 17.4 Å². The van der Waals surface area contributed by atoms with Gasteiger partial charge in [-0.2, -0.15) is 0 Å². The van der Waals surface area contributed by atoms with Crippen molar-refractivity contribution in [1.29, 1.82) is 0 Å². The summed E-state index contributed by atoms with van der Waals surface area (Å²) < 4.78 is 5.98. The molecular formula is C22H36O3. The van der Waals surface area contributed by atoms with E-state index in [1.807, 2.05) is 21.0 Å². The summed E-state index contributed by atoms with van der Waals surface area (Å²) in [6.07, 6.45) is 9.25. The Morgan fingerprint density at radius 1 is 1.00 bits per heavy atom. The van der Waals surface area contributed by atoms with Gasteiger partial charge in [-0.1, -0.05) is 6.92 Å². The minimum absolute atomic E-state index is 0.221. The highest BCUT2D eigenvalue weighted by molar-refractivity contribution is 5.79. The van der Waals surface area contributed by atoms with E-state index in [0.717, 1.165) is 43.9 Å². The molecule has 3 nitrogen and oxygen atoms in total. The second-order valence-corrected chi connectivity index (χ2v) is 10.3. The van der Waals surface area contributed by atoms with Crippen molar-refractivity contribution >= 4 is 5.78 Å². The van der Waals surface area contributed by atoms with Crippen molar-refractivity contribution in [2.75, 3.05) is 7.11 Å². The van der Waals surface area contributed by atoms with Crippen LogP contribution in [0.15, 0.2) is 0 Å². The predicted octanol–water partition coefficient (Wildman–Crippen LogP) is 4.22. The lowest BCUT2D eigenvalue weighted by molar-refractivity contribution is -0.154. The maximum absolute atomic E-state index is 12.2. The molecule has 4 saturated carbocycles. The SMILES string of the molecule is CO[C@@H]1CC2[C@H](CC[C@]3(C)[C@@H](C(C)=O)CC[C@@H]23)[C@H]2CC[C@@](C)(O)C[C@H]21. The van der Waals surface area contributed by atoms with Crippen LogP contribution in [0, 0.1) is 40.9 Å². The number of hydrogen-bond donors (Lipinski definition) is 1. The van der Waals surface area contributed by atoms with Crippen molar-refractivity contribution < 1.29 is 14.6 Å². The van der Waals surface area contributed by atoms with Crippen LogP contribution >= 0.6 is 0 Å². The van der Waals surface area contributed by atoms with Gasteiger partial charge in [-0.15, -0.1) is 0 Å². The van der Waals surface area contributed by atoms with Crippen LogP contribution in [0.1, 0.15) is 72.1 Å². The summed E-state index contributed by atoms with van der Waals surface area (Å²) >= 11 is 0. The highest BCUT2D eigenvalue weighted by atomic mass is 16.5. The van der Waals surface area contributed by atoms with Crippen LogP contribution in [0.3, 0.4) is 0 Å². The highest BCUT2D eigenvalue weighted by Gasteiger charge is 2.60. The summed E-state index contributed by atoms with van der Waals surface area (Å²) in [6.45, 7) is 6.23. The fourth-order valence-electron chi connectivity index (χ4n) is 7.96. The summed E-state index contributed by atoms with van der Waals surface area (Å²) in [5.74, 6) is 4.13. The molecule has 4 aliphatic rings. The second-order valence-electron chi connectivity index (χ2n) is 10.3. The average molecular weight is 349 g/mol. The van der Waals surface area contributed by atoms with Crippen molar-refractivity contribution in [3.05, 3.63) is 0 Å². The summed E-state index contributed by atoms with van der Waals surface area (Å²) in [6, 6.07) is 0. The standard InChI is InChI=1S/C22H36O3/c1-13(23)18-5-6-19-16-11-20(25-4)17-12-21(2,24)9-7-15(17)14(16)8-10-22(18,19)3/h14-20,24H,5-12H2,1-4H3/t14-,15-,16?,17-,18-,19+,20-,21-,22-/m1/s1. The largest absolute Gasteiger partial charge is 0.390 e. The maximum atomic E-state index is 12.2. The van der Waals surface area contributed by atoms with E-state index in [4.69, 9.17) is 4.74 Å². The van der Waals surface area contributed by atoms with Crippen molar-refractivity contribution in [1.82, 2.24) is 0 Å². The zero-order valence-electron chi connectivity index (χ0n) is 16.5. The Kier molecular flexibility index (Phi) is 4.35. The van der Waals surface area contributed by atoms with Gasteiger partial charge in [0.1, 0.15) is 5.78 Å². The minimum atomic E-state index is -0.513. The normalized spacial score (nSPS) is 55.2. The number of hydrogen-bond acceptors (Lipinski definition) is 3. The van der Waals surface area contributed by atoms with E-state index in [1.165, 1.54) is 19.3 Å².